The van der Waals surface area contributed by atoms with Crippen LogP contribution in [0.15, 0.2) is 48.5 Å². The fraction of sp³-hybridized carbons (Fsp3) is 0.238. The minimum absolute atomic E-state index is 0.0491. The standard InChI is InChI=1S/C21H22N2O3/c1-14-11-17-12-15(3-8-19(17)23-14)13-22-21(25)10-9-20(24)16-4-6-18(26-2)7-5-16/h3-8,11-12,23H,9-10,13H2,1-2H3,(H,22,25). The average molecular weight is 350 g/mol. The van der Waals surface area contributed by atoms with Gasteiger partial charge in [-0.15, -0.1) is 0 Å². The fourth-order valence-electron chi connectivity index (χ4n) is 2.87. The van der Waals surface area contributed by atoms with E-state index in [1.807, 2.05) is 19.1 Å². The third kappa shape index (κ3) is 4.30. The van der Waals surface area contributed by atoms with Crippen molar-refractivity contribution in [2.45, 2.75) is 26.3 Å². The van der Waals surface area contributed by atoms with Crippen molar-refractivity contribution in [1.29, 1.82) is 0 Å². The Kier molecular flexibility index (Phi) is 5.37. The van der Waals surface area contributed by atoms with Crippen LogP contribution in [0.25, 0.3) is 10.9 Å². The van der Waals surface area contributed by atoms with Gasteiger partial charge < -0.3 is 15.0 Å². The molecular weight excluding hydrogens is 328 g/mol. The van der Waals surface area contributed by atoms with E-state index >= 15 is 0 Å². The Hall–Kier alpha value is -3.08. The van der Waals surface area contributed by atoms with Crippen molar-refractivity contribution in [3.63, 3.8) is 0 Å². The molecule has 2 aromatic carbocycles. The lowest BCUT2D eigenvalue weighted by molar-refractivity contribution is -0.121. The van der Waals surface area contributed by atoms with Crippen LogP contribution in [0.2, 0.25) is 0 Å². The molecule has 1 heterocycles. The first-order chi connectivity index (χ1) is 12.5. The van der Waals surface area contributed by atoms with Crippen LogP contribution in [-0.2, 0) is 11.3 Å². The number of aromatic nitrogens is 1. The third-order valence-corrected chi connectivity index (χ3v) is 4.30. The smallest absolute Gasteiger partial charge is 0.220 e. The van der Waals surface area contributed by atoms with Gasteiger partial charge in [-0.05, 0) is 60.3 Å². The lowest BCUT2D eigenvalue weighted by Gasteiger charge is -2.06. The summed E-state index contributed by atoms with van der Waals surface area (Å²) >= 11 is 0. The van der Waals surface area contributed by atoms with E-state index in [2.05, 4.69) is 22.4 Å². The maximum absolute atomic E-state index is 12.1. The highest BCUT2D eigenvalue weighted by Crippen LogP contribution is 2.17. The zero-order valence-corrected chi connectivity index (χ0v) is 15.0. The fourth-order valence-corrected chi connectivity index (χ4v) is 2.87. The van der Waals surface area contributed by atoms with E-state index in [0.29, 0.717) is 17.9 Å². The van der Waals surface area contributed by atoms with Gasteiger partial charge in [-0.3, -0.25) is 9.59 Å². The Labute approximate surface area is 152 Å². The highest BCUT2D eigenvalue weighted by Gasteiger charge is 2.10. The number of fused-ring (bicyclic) bond motifs is 1. The number of ketones is 1. The molecule has 0 fully saturated rings. The van der Waals surface area contributed by atoms with Crippen molar-refractivity contribution >= 4 is 22.6 Å². The van der Waals surface area contributed by atoms with E-state index in [4.69, 9.17) is 4.74 Å². The minimum Gasteiger partial charge on any atom is -0.497 e. The molecule has 5 nitrogen and oxygen atoms in total. The van der Waals surface area contributed by atoms with E-state index < -0.39 is 0 Å². The average Bonchev–Trinajstić information content (AvgIpc) is 3.03. The summed E-state index contributed by atoms with van der Waals surface area (Å²) in [6, 6.07) is 15.0. The quantitative estimate of drug-likeness (QED) is 0.637. The van der Waals surface area contributed by atoms with Gasteiger partial charge in [0.2, 0.25) is 5.91 Å². The Bertz CT molecular complexity index is 926. The monoisotopic (exact) mass is 350 g/mol. The molecule has 0 unspecified atom stereocenters. The van der Waals surface area contributed by atoms with Crippen LogP contribution in [0.3, 0.4) is 0 Å². The van der Waals surface area contributed by atoms with E-state index in [-0.39, 0.29) is 24.5 Å². The number of aryl methyl sites for hydroxylation is 1. The number of amides is 1. The van der Waals surface area contributed by atoms with E-state index in [9.17, 15) is 9.59 Å². The lowest BCUT2D eigenvalue weighted by Crippen LogP contribution is -2.23. The number of rotatable bonds is 7. The number of methoxy groups -OCH3 is 1. The number of Topliss-reactive ketones (excluding diaryl/α,β-unsaturated/α-hetero) is 1. The zero-order chi connectivity index (χ0) is 18.5. The van der Waals surface area contributed by atoms with Gasteiger partial charge in [0, 0.05) is 36.2 Å². The Morgan fingerprint density at radius 3 is 2.54 bits per heavy atom. The number of nitrogens with one attached hydrogen (secondary N) is 2. The summed E-state index contributed by atoms with van der Waals surface area (Å²) < 4.78 is 5.07. The number of carbonyl (C=O) groups is 2. The van der Waals surface area contributed by atoms with Crippen molar-refractivity contribution in [1.82, 2.24) is 10.3 Å². The minimum atomic E-state index is -0.128. The zero-order valence-electron chi connectivity index (χ0n) is 15.0. The molecule has 0 aliphatic carbocycles. The summed E-state index contributed by atoms with van der Waals surface area (Å²) in [5.41, 5.74) is 3.82. The van der Waals surface area contributed by atoms with Gasteiger partial charge in [0.25, 0.3) is 0 Å². The molecule has 0 bridgehead atoms. The molecule has 3 aromatic rings. The second kappa shape index (κ2) is 7.87. The summed E-state index contributed by atoms with van der Waals surface area (Å²) in [6.45, 7) is 2.47. The molecule has 5 heteroatoms. The molecule has 26 heavy (non-hydrogen) atoms. The number of ether oxygens (including phenoxy) is 1. The molecule has 0 saturated carbocycles. The van der Waals surface area contributed by atoms with Crippen molar-refractivity contribution in [2.75, 3.05) is 7.11 Å². The van der Waals surface area contributed by atoms with Gasteiger partial charge >= 0.3 is 0 Å². The largest absolute Gasteiger partial charge is 0.497 e. The summed E-state index contributed by atoms with van der Waals surface area (Å²) in [5, 5.41) is 4.00. The highest BCUT2D eigenvalue weighted by molar-refractivity contribution is 5.98. The number of hydrogen-bond donors (Lipinski definition) is 2. The van der Waals surface area contributed by atoms with Crippen molar-refractivity contribution in [3.05, 3.63) is 65.4 Å². The lowest BCUT2D eigenvalue weighted by atomic mass is 10.1. The first kappa shape index (κ1) is 17.7. The molecule has 0 atom stereocenters. The molecule has 2 N–H and O–H groups in total. The van der Waals surface area contributed by atoms with Gasteiger partial charge in [0.05, 0.1) is 7.11 Å². The molecule has 1 aromatic heterocycles. The van der Waals surface area contributed by atoms with Crippen molar-refractivity contribution in [2.24, 2.45) is 0 Å². The molecule has 1 amide bonds. The van der Waals surface area contributed by atoms with Crippen LogP contribution in [0.1, 0.15) is 34.5 Å². The van der Waals surface area contributed by atoms with Crippen LogP contribution in [0.4, 0.5) is 0 Å². The van der Waals surface area contributed by atoms with E-state index in [0.717, 1.165) is 22.2 Å². The molecule has 0 radical (unpaired) electrons. The third-order valence-electron chi connectivity index (χ3n) is 4.30. The number of carbonyl (C=O) groups excluding carboxylic acids is 2. The Morgan fingerprint density at radius 2 is 1.81 bits per heavy atom. The van der Waals surface area contributed by atoms with Gasteiger partial charge in [-0.1, -0.05) is 6.07 Å². The van der Waals surface area contributed by atoms with Gasteiger partial charge in [0.1, 0.15) is 5.75 Å². The number of hydrogen-bond acceptors (Lipinski definition) is 3. The van der Waals surface area contributed by atoms with Crippen molar-refractivity contribution in [3.8, 4) is 5.75 Å². The SMILES string of the molecule is COc1ccc(C(=O)CCC(=O)NCc2ccc3[nH]c(C)cc3c2)cc1. The predicted octanol–water partition coefficient (Wildman–Crippen LogP) is 3.76. The first-order valence-electron chi connectivity index (χ1n) is 8.57. The normalized spacial score (nSPS) is 10.7. The molecule has 0 saturated heterocycles. The predicted molar refractivity (Wildman–Crippen MR) is 101 cm³/mol. The summed E-state index contributed by atoms with van der Waals surface area (Å²) in [5.74, 6) is 0.526. The van der Waals surface area contributed by atoms with Crippen molar-refractivity contribution < 1.29 is 14.3 Å². The van der Waals surface area contributed by atoms with Gasteiger partial charge in [0.15, 0.2) is 5.78 Å². The number of benzene rings is 2. The number of aromatic amines is 1. The molecule has 0 aliphatic rings. The Balaban J connectivity index is 1.49. The van der Waals surface area contributed by atoms with E-state index in [1.165, 1.54) is 0 Å². The maximum atomic E-state index is 12.1. The highest BCUT2D eigenvalue weighted by atomic mass is 16.5. The molecule has 3 rings (SSSR count). The Morgan fingerprint density at radius 1 is 1.04 bits per heavy atom. The molecule has 0 spiro atoms. The second-order valence-corrected chi connectivity index (χ2v) is 6.30. The summed E-state index contributed by atoms with van der Waals surface area (Å²) in [4.78, 5) is 27.5. The van der Waals surface area contributed by atoms with Crippen LogP contribution in [0.5, 0.6) is 5.75 Å². The summed E-state index contributed by atoms with van der Waals surface area (Å²) in [6.07, 6.45) is 0.366. The van der Waals surface area contributed by atoms with Crippen LogP contribution < -0.4 is 10.1 Å². The molecule has 0 aliphatic heterocycles. The number of H-pyrrole nitrogens is 1. The second-order valence-electron chi connectivity index (χ2n) is 6.30. The van der Waals surface area contributed by atoms with Gasteiger partial charge in [-0.2, -0.15) is 0 Å². The van der Waals surface area contributed by atoms with Crippen LogP contribution in [0, 0.1) is 6.92 Å². The summed E-state index contributed by atoms with van der Waals surface area (Å²) in [7, 11) is 1.58. The molecular formula is C21H22N2O3. The van der Waals surface area contributed by atoms with Crippen LogP contribution in [-0.4, -0.2) is 23.8 Å². The molecule has 134 valence electrons. The van der Waals surface area contributed by atoms with Gasteiger partial charge in [-0.25, -0.2) is 0 Å². The first-order valence-corrected chi connectivity index (χ1v) is 8.57. The van der Waals surface area contributed by atoms with Crippen LogP contribution >= 0.6 is 0 Å². The maximum Gasteiger partial charge on any atom is 0.220 e. The van der Waals surface area contributed by atoms with E-state index in [1.54, 1.807) is 31.4 Å². The topological polar surface area (TPSA) is 71.2 Å².